The van der Waals surface area contributed by atoms with Crippen molar-refractivity contribution in [3.63, 3.8) is 0 Å². The lowest BCUT2D eigenvalue weighted by atomic mass is 10.1. The van der Waals surface area contributed by atoms with Crippen molar-refractivity contribution in [1.29, 1.82) is 0 Å². The van der Waals surface area contributed by atoms with Crippen LogP contribution in [0.1, 0.15) is 43.0 Å². The van der Waals surface area contributed by atoms with Crippen molar-refractivity contribution >= 4 is 44.4 Å². The van der Waals surface area contributed by atoms with Gasteiger partial charge >= 0.3 is 0 Å². The van der Waals surface area contributed by atoms with Crippen LogP contribution in [-0.4, -0.2) is 19.7 Å². The average Bonchev–Trinajstić information content (AvgIpc) is 2.75. The number of hydrogen-bond donors (Lipinski definition) is 0. The molecule has 0 aromatic heterocycles. The molecule has 0 aliphatic heterocycles. The largest absolute Gasteiger partial charge is 0.497 e. The number of methoxy groups -OCH3 is 1. The number of benzene rings is 3. The van der Waals surface area contributed by atoms with Crippen LogP contribution in [-0.2, 0) is 0 Å². The van der Waals surface area contributed by atoms with Crippen LogP contribution < -0.4 is 4.74 Å². The Balaban J connectivity index is 1.96. The molecule has 0 N–H and O–H groups in total. The van der Waals surface area contributed by atoms with E-state index in [-0.39, 0.29) is 0 Å². The summed E-state index contributed by atoms with van der Waals surface area (Å²) in [5.74, 6) is 12.9. The molecule has 3 nitrogen and oxygen atoms in total. The summed E-state index contributed by atoms with van der Waals surface area (Å²) < 4.78 is 6.95. The third-order valence-corrected chi connectivity index (χ3v) is 4.87. The van der Waals surface area contributed by atoms with E-state index in [0.717, 1.165) is 43.8 Å². The molecule has 3 rings (SSSR count). The van der Waals surface area contributed by atoms with Crippen molar-refractivity contribution in [2.45, 2.75) is 0 Å². The van der Waals surface area contributed by atoms with Crippen molar-refractivity contribution in [2.75, 3.05) is 7.11 Å². The average molecular weight is 522 g/mol. The minimum atomic E-state index is 0.551. The zero-order valence-electron chi connectivity index (χ0n) is 15.8. The molecule has 0 saturated heterocycles. The van der Waals surface area contributed by atoms with Crippen molar-refractivity contribution in [3.8, 4) is 29.4 Å². The van der Waals surface area contributed by atoms with Gasteiger partial charge in [0.25, 0.3) is 0 Å². The second kappa shape index (κ2) is 10.1. The third-order valence-electron chi connectivity index (χ3n) is 3.96. The number of carbonyl (C=O) groups is 2. The molecule has 5 heteroatoms. The van der Waals surface area contributed by atoms with Gasteiger partial charge in [0.1, 0.15) is 18.3 Å². The van der Waals surface area contributed by atoms with Crippen LogP contribution in [0.3, 0.4) is 0 Å². The zero-order valence-corrected chi connectivity index (χ0v) is 19.0. The Labute approximate surface area is 191 Å². The lowest BCUT2D eigenvalue weighted by molar-refractivity contribution is 0.111. The molecule has 0 amide bonds. The van der Waals surface area contributed by atoms with Gasteiger partial charge in [0, 0.05) is 42.3 Å². The predicted octanol–water partition coefficient (Wildman–Crippen LogP) is 5.64. The van der Waals surface area contributed by atoms with Crippen molar-refractivity contribution in [1.82, 2.24) is 0 Å². The molecule has 30 heavy (non-hydrogen) atoms. The maximum atomic E-state index is 11.0. The van der Waals surface area contributed by atoms with E-state index in [1.165, 1.54) is 0 Å². The molecule has 0 bridgehead atoms. The van der Waals surface area contributed by atoms with E-state index in [0.29, 0.717) is 16.9 Å². The highest BCUT2D eigenvalue weighted by atomic mass is 79.9. The van der Waals surface area contributed by atoms with Crippen molar-refractivity contribution in [2.24, 2.45) is 0 Å². The predicted molar refractivity (Wildman–Crippen MR) is 124 cm³/mol. The molecule has 0 fully saturated rings. The molecule has 146 valence electrons. The van der Waals surface area contributed by atoms with E-state index in [1.807, 2.05) is 30.3 Å². The lowest BCUT2D eigenvalue weighted by Crippen LogP contribution is -1.88. The monoisotopic (exact) mass is 520 g/mol. The minimum absolute atomic E-state index is 0.551. The quantitative estimate of drug-likeness (QED) is 0.330. The van der Waals surface area contributed by atoms with Crippen molar-refractivity contribution < 1.29 is 14.3 Å². The fraction of sp³-hybridized carbons (Fsp3) is 0.0400. The number of aldehydes is 2. The lowest BCUT2D eigenvalue weighted by Gasteiger charge is -2.02. The summed E-state index contributed by atoms with van der Waals surface area (Å²) in [6.45, 7) is 0. The summed E-state index contributed by atoms with van der Waals surface area (Å²) in [6, 6.07) is 16.1. The molecule has 0 saturated carbocycles. The summed E-state index contributed by atoms with van der Waals surface area (Å²) in [4.78, 5) is 22.1. The smallest absolute Gasteiger partial charge is 0.150 e. The van der Waals surface area contributed by atoms with E-state index in [9.17, 15) is 9.59 Å². The highest BCUT2D eigenvalue weighted by molar-refractivity contribution is 9.10. The number of rotatable bonds is 3. The second-order valence-corrected chi connectivity index (χ2v) is 8.06. The Morgan fingerprint density at radius 1 is 0.633 bits per heavy atom. The fourth-order valence-electron chi connectivity index (χ4n) is 2.66. The van der Waals surface area contributed by atoms with Gasteiger partial charge in [-0.3, -0.25) is 9.59 Å². The summed E-state index contributed by atoms with van der Waals surface area (Å²) in [5.41, 5.74) is 4.00. The van der Waals surface area contributed by atoms with E-state index < -0.39 is 0 Å². The molecule has 0 atom stereocenters. The molecule has 3 aromatic carbocycles. The molecule has 0 aliphatic rings. The Morgan fingerprint density at radius 3 is 1.40 bits per heavy atom. The maximum Gasteiger partial charge on any atom is 0.150 e. The van der Waals surface area contributed by atoms with Crippen LogP contribution >= 0.6 is 31.9 Å². The first-order valence-electron chi connectivity index (χ1n) is 8.74. The highest BCUT2D eigenvalue weighted by Gasteiger charge is 2.01. The van der Waals surface area contributed by atoms with Gasteiger partial charge in [-0.1, -0.05) is 55.5 Å². The van der Waals surface area contributed by atoms with Gasteiger partial charge in [-0.2, -0.15) is 0 Å². The first-order valence-corrected chi connectivity index (χ1v) is 10.3. The molecule has 0 aliphatic carbocycles. The van der Waals surface area contributed by atoms with E-state index >= 15 is 0 Å². The first kappa shape index (κ1) is 21.6. The summed E-state index contributed by atoms with van der Waals surface area (Å²) >= 11 is 6.76. The van der Waals surface area contributed by atoms with Gasteiger partial charge in [0.05, 0.1) is 7.11 Å². The fourth-order valence-corrected chi connectivity index (χ4v) is 3.68. The summed E-state index contributed by atoms with van der Waals surface area (Å²) in [6.07, 6.45) is 1.57. The summed E-state index contributed by atoms with van der Waals surface area (Å²) in [5, 5.41) is 0. The Morgan fingerprint density at radius 2 is 1.03 bits per heavy atom. The van der Waals surface area contributed by atoms with E-state index in [4.69, 9.17) is 4.74 Å². The zero-order chi connectivity index (χ0) is 21.5. The van der Waals surface area contributed by atoms with Crippen molar-refractivity contribution in [3.05, 3.63) is 96.9 Å². The Kier molecular flexibility index (Phi) is 7.25. The van der Waals surface area contributed by atoms with Crippen LogP contribution in [0.5, 0.6) is 5.75 Å². The van der Waals surface area contributed by atoms with Gasteiger partial charge in [-0.05, 0) is 54.6 Å². The Bertz CT molecular complexity index is 1160. The van der Waals surface area contributed by atoms with E-state index in [1.54, 1.807) is 31.4 Å². The normalized spacial score (nSPS) is 9.57. The molecule has 3 aromatic rings. The van der Waals surface area contributed by atoms with Gasteiger partial charge in [-0.15, -0.1) is 0 Å². The van der Waals surface area contributed by atoms with Crippen LogP contribution in [0.15, 0.2) is 63.5 Å². The number of carbonyl (C=O) groups excluding carboxylic acids is 2. The highest BCUT2D eigenvalue weighted by Crippen LogP contribution is 2.18. The number of ether oxygens (including phenoxy) is 1. The first-order chi connectivity index (χ1) is 14.5. The maximum absolute atomic E-state index is 11.0. The third kappa shape index (κ3) is 5.94. The van der Waals surface area contributed by atoms with E-state index in [2.05, 4.69) is 55.5 Å². The standard InChI is InChI=1S/C25H14Br2O3/c1-30-25-13-19(4-2-17-7-21(15-28)11-23(26)9-17)6-20(14-25)5-3-18-8-22(16-29)12-24(27)10-18/h6-16H,1H3. The SMILES string of the molecule is COc1cc(C#Cc2cc(Br)cc(C=O)c2)cc(C#Cc2cc(Br)cc(C=O)c2)c1. The van der Waals surface area contributed by atoms with Gasteiger partial charge in [-0.25, -0.2) is 0 Å². The van der Waals surface area contributed by atoms with Crippen LogP contribution in [0.4, 0.5) is 0 Å². The summed E-state index contributed by atoms with van der Waals surface area (Å²) in [7, 11) is 1.58. The minimum Gasteiger partial charge on any atom is -0.497 e. The topological polar surface area (TPSA) is 43.4 Å². The van der Waals surface area contributed by atoms with Gasteiger partial charge < -0.3 is 4.74 Å². The molecule has 0 heterocycles. The molecule has 0 radical (unpaired) electrons. The second-order valence-electron chi connectivity index (χ2n) is 6.23. The molecule has 0 unspecified atom stereocenters. The molecular formula is C25H14Br2O3. The van der Waals surface area contributed by atoms with Gasteiger partial charge in [0.2, 0.25) is 0 Å². The van der Waals surface area contributed by atoms with Crippen LogP contribution in [0, 0.1) is 23.7 Å². The van der Waals surface area contributed by atoms with Crippen LogP contribution in [0.2, 0.25) is 0 Å². The molecular weight excluding hydrogens is 508 g/mol. The number of hydrogen-bond acceptors (Lipinski definition) is 3. The molecule has 0 spiro atoms. The Hall–Kier alpha value is -3.12. The van der Waals surface area contributed by atoms with Gasteiger partial charge in [0.15, 0.2) is 0 Å². The van der Waals surface area contributed by atoms with Crippen LogP contribution in [0.25, 0.3) is 0 Å². The number of halogens is 2.